The van der Waals surface area contributed by atoms with E-state index in [1.807, 2.05) is 42.6 Å². The summed E-state index contributed by atoms with van der Waals surface area (Å²) in [7, 11) is 0. The van der Waals surface area contributed by atoms with Crippen LogP contribution in [0.2, 0.25) is 0 Å². The number of ether oxygens (including phenoxy) is 1. The largest absolute Gasteiger partial charge is 0.484 e. The van der Waals surface area contributed by atoms with Gasteiger partial charge in [-0.15, -0.1) is 0 Å². The highest BCUT2D eigenvalue weighted by Crippen LogP contribution is 2.34. The fourth-order valence-electron chi connectivity index (χ4n) is 2.97. The maximum absolute atomic E-state index is 10.8. The van der Waals surface area contributed by atoms with Crippen molar-refractivity contribution in [2.75, 3.05) is 11.9 Å². The third-order valence-corrected chi connectivity index (χ3v) is 4.26. The summed E-state index contributed by atoms with van der Waals surface area (Å²) < 4.78 is 6.12. The molecule has 1 N–H and O–H groups in total. The summed E-state index contributed by atoms with van der Waals surface area (Å²) in [5, 5.41) is 3.32. The zero-order valence-corrected chi connectivity index (χ0v) is 13.6. The number of hydrogen-bond donors (Lipinski definition) is 1. The molecule has 3 heterocycles. The Hall–Kier alpha value is -3.21. The van der Waals surface area contributed by atoms with E-state index in [-0.39, 0.29) is 6.10 Å². The van der Waals surface area contributed by atoms with Gasteiger partial charge in [-0.25, -0.2) is 4.98 Å². The van der Waals surface area contributed by atoms with E-state index in [0.29, 0.717) is 5.56 Å². The molecule has 124 valence electrons. The van der Waals surface area contributed by atoms with Gasteiger partial charge < -0.3 is 10.1 Å². The first kappa shape index (κ1) is 15.3. The second kappa shape index (κ2) is 6.73. The molecular weight excluding hydrogens is 314 g/mol. The molecule has 0 spiro atoms. The minimum Gasteiger partial charge on any atom is -0.484 e. The Morgan fingerprint density at radius 3 is 2.76 bits per heavy atom. The SMILES string of the molecule is O=Cc1ccc(-c2cnc3c(c2)C(Oc2cccnc2)CCN3)cc1. The Labute approximate surface area is 145 Å². The number of rotatable bonds is 4. The lowest BCUT2D eigenvalue weighted by atomic mass is 9.98. The number of aldehydes is 1. The molecule has 5 heteroatoms. The van der Waals surface area contributed by atoms with E-state index >= 15 is 0 Å². The Morgan fingerprint density at radius 2 is 2.00 bits per heavy atom. The summed E-state index contributed by atoms with van der Waals surface area (Å²) in [6, 6.07) is 13.4. The van der Waals surface area contributed by atoms with Gasteiger partial charge in [0.05, 0.1) is 6.20 Å². The van der Waals surface area contributed by atoms with E-state index in [4.69, 9.17) is 4.74 Å². The smallest absolute Gasteiger partial charge is 0.150 e. The summed E-state index contributed by atoms with van der Waals surface area (Å²) in [6.45, 7) is 0.818. The predicted octanol–water partition coefficient (Wildman–Crippen LogP) is 3.89. The molecule has 25 heavy (non-hydrogen) atoms. The lowest BCUT2D eigenvalue weighted by Crippen LogP contribution is -2.21. The first-order valence-electron chi connectivity index (χ1n) is 8.19. The van der Waals surface area contributed by atoms with E-state index in [1.165, 1.54) is 0 Å². The average Bonchev–Trinajstić information content (AvgIpc) is 2.69. The molecule has 1 aliphatic rings. The summed E-state index contributed by atoms with van der Waals surface area (Å²) in [4.78, 5) is 19.5. The molecule has 1 atom stereocenters. The number of nitrogens with zero attached hydrogens (tertiary/aromatic N) is 2. The Kier molecular flexibility index (Phi) is 4.12. The molecule has 0 bridgehead atoms. The summed E-state index contributed by atoms with van der Waals surface area (Å²) in [5.74, 6) is 1.61. The molecule has 0 aliphatic carbocycles. The molecule has 0 radical (unpaired) electrons. The lowest BCUT2D eigenvalue weighted by Gasteiger charge is -2.27. The fourth-order valence-corrected chi connectivity index (χ4v) is 2.97. The monoisotopic (exact) mass is 331 g/mol. The van der Waals surface area contributed by atoms with Crippen molar-refractivity contribution in [2.45, 2.75) is 12.5 Å². The van der Waals surface area contributed by atoms with Crippen LogP contribution in [0, 0.1) is 0 Å². The zero-order valence-electron chi connectivity index (χ0n) is 13.6. The summed E-state index contributed by atoms with van der Waals surface area (Å²) in [5.41, 5.74) is 3.72. The average molecular weight is 331 g/mol. The van der Waals surface area contributed by atoms with Crippen LogP contribution < -0.4 is 10.1 Å². The van der Waals surface area contributed by atoms with Gasteiger partial charge in [-0.05, 0) is 23.8 Å². The number of aromatic nitrogens is 2. The molecule has 0 fully saturated rings. The quantitative estimate of drug-likeness (QED) is 0.735. The highest BCUT2D eigenvalue weighted by molar-refractivity contribution is 5.77. The van der Waals surface area contributed by atoms with Crippen LogP contribution in [0.15, 0.2) is 61.1 Å². The molecule has 0 saturated heterocycles. The molecule has 5 nitrogen and oxygen atoms in total. The number of fused-ring (bicyclic) bond motifs is 1. The number of carbonyl (C=O) groups excluding carboxylic acids is 1. The van der Waals surface area contributed by atoms with Crippen molar-refractivity contribution in [3.05, 3.63) is 72.2 Å². The number of nitrogens with one attached hydrogen (secondary N) is 1. The Balaban J connectivity index is 1.66. The lowest BCUT2D eigenvalue weighted by molar-refractivity contribution is 0.112. The third kappa shape index (κ3) is 3.21. The molecule has 0 amide bonds. The zero-order chi connectivity index (χ0) is 17.1. The van der Waals surface area contributed by atoms with Crippen molar-refractivity contribution in [3.63, 3.8) is 0 Å². The number of carbonyl (C=O) groups is 1. The number of hydrogen-bond acceptors (Lipinski definition) is 5. The van der Waals surface area contributed by atoms with Crippen molar-refractivity contribution in [2.24, 2.45) is 0 Å². The molecule has 3 aromatic rings. The van der Waals surface area contributed by atoms with E-state index < -0.39 is 0 Å². The standard InChI is InChI=1S/C20H17N3O2/c24-13-14-3-5-15(6-4-14)16-10-18-19(7-9-22-20(18)23-11-16)25-17-2-1-8-21-12-17/h1-6,8,10-13,19H,7,9H2,(H,22,23). The van der Waals surface area contributed by atoms with Crippen LogP contribution in [0.4, 0.5) is 5.82 Å². The van der Waals surface area contributed by atoms with Gasteiger partial charge in [-0.1, -0.05) is 24.3 Å². The molecule has 2 aromatic heterocycles. The van der Waals surface area contributed by atoms with Gasteiger partial charge in [0.25, 0.3) is 0 Å². The van der Waals surface area contributed by atoms with Gasteiger partial charge in [-0.2, -0.15) is 0 Å². The number of anilines is 1. The second-order valence-electron chi connectivity index (χ2n) is 5.91. The van der Waals surface area contributed by atoms with Crippen molar-refractivity contribution in [3.8, 4) is 16.9 Å². The van der Waals surface area contributed by atoms with Crippen LogP contribution in [-0.4, -0.2) is 22.8 Å². The van der Waals surface area contributed by atoms with Gasteiger partial charge in [0, 0.05) is 42.0 Å². The molecular formula is C20H17N3O2. The first-order chi connectivity index (χ1) is 12.3. The second-order valence-corrected chi connectivity index (χ2v) is 5.91. The maximum atomic E-state index is 10.8. The van der Waals surface area contributed by atoms with Crippen molar-refractivity contribution in [1.82, 2.24) is 9.97 Å². The summed E-state index contributed by atoms with van der Waals surface area (Å²) >= 11 is 0. The first-order valence-corrected chi connectivity index (χ1v) is 8.19. The van der Waals surface area contributed by atoms with Crippen LogP contribution in [0.5, 0.6) is 5.75 Å². The Bertz CT molecular complexity index is 879. The van der Waals surface area contributed by atoms with Crippen LogP contribution >= 0.6 is 0 Å². The van der Waals surface area contributed by atoms with Gasteiger partial charge in [0.15, 0.2) is 0 Å². The predicted molar refractivity (Wildman–Crippen MR) is 95.8 cm³/mol. The van der Waals surface area contributed by atoms with E-state index in [1.54, 1.807) is 12.4 Å². The minimum atomic E-state index is -0.0675. The molecule has 4 rings (SSSR count). The maximum Gasteiger partial charge on any atom is 0.150 e. The van der Waals surface area contributed by atoms with Crippen molar-refractivity contribution < 1.29 is 9.53 Å². The highest BCUT2D eigenvalue weighted by Gasteiger charge is 2.23. The molecule has 1 unspecified atom stereocenters. The van der Waals surface area contributed by atoms with Crippen molar-refractivity contribution in [1.29, 1.82) is 0 Å². The van der Waals surface area contributed by atoms with Gasteiger partial charge in [0.1, 0.15) is 24.0 Å². The van der Waals surface area contributed by atoms with Crippen molar-refractivity contribution >= 4 is 12.1 Å². The van der Waals surface area contributed by atoms with Crippen LogP contribution in [0.25, 0.3) is 11.1 Å². The van der Waals surface area contributed by atoms with Gasteiger partial charge in [0.2, 0.25) is 0 Å². The van der Waals surface area contributed by atoms with Crippen LogP contribution in [0.1, 0.15) is 28.4 Å². The molecule has 1 aromatic carbocycles. The highest BCUT2D eigenvalue weighted by atomic mass is 16.5. The molecule has 1 aliphatic heterocycles. The molecule has 0 saturated carbocycles. The fraction of sp³-hybridized carbons (Fsp3) is 0.150. The third-order valence-electron chi connectivity index (χ3n) is 4.26. The summed E-state index contributed by atoms with van der Waals surface area (Å²) in [6.07, 6.45) is 6.92. The Morgan fingerprint density at radius 1 is 1.12 bits per heavy atom. The minimum absolute atomic E-state index is 0.0675. The van der Waals surface area contributed by atoms with E-state index in [9.17, 15) is 4.79 Å². The number of benzene rings is 1. The van der Waals surface area contributed by atoms with Gasteiger partial charge >= 0.3 is 0 Å². The van der Waals surface area contributed by atoms with E-state index in [0.717, 1.165) is 47.5 Å². The van der Waals surface area contributed by atoms with E-state index in [2.05, 4.69) is 21.4 Å². The van der Waals surface area contributed by atoms with Crippen LogP contribution in [-0.2, 0) is 0 Å². The topological polar surface area (TPSA) is 64.1 Å². The number of pyridine rings is 2. The van der Waals surface area contributed by atoms with Gasteiger partial charge in [-0.3, -0.25) is 9.78 Å². The normalized spacial score (nSPS) is 15.8. The van der Waals surface area contributed by atoms with Crippen LogP contribution in [0.3, 0.4) is 0 Å².